The summed E-state index contributed by atoms with van der Waals surface area (Å²) in [6.45, 7) is 2.02. The van der Waals surface area contributed by atoms with Crippen molar-refractivity contribution in [2.45, 2.75) is 36.9 Å². The normalized spacial score (nSPS) is 18.4. The molecule has 1 aliphatic heterocycles. The number of sulfonamides is 1. The van der Waals surface area contributed by atoms with Crippen molar-refractivity contribution in [2.75, 3.05) is 20.2 Å². The van der Waals surface area contributed by atoms with Gasteiger partial charge in [0.05, 0.1) is 18.6 Å². The first-order valence-electron chi connectivity index (χ1n) is 8.83. The number of rotatable bonds is 5. The highest BCUT2D eigenvalue weighted by Gasteiger charge is 2.34. The van der Waals surface area contributed by atoms with Gasteiger partial charge in [0.2, 0.25) is 10.0 Å². The second-order valence-electron chi connectivity index (χ2n) is 6.60. The van der Waals surface area contributed by atoms with Crippen molar-refractivity contribution < 1.29 is 31.1 Å². The van der Waals surface area contributed by atoms with E-state index in [2.05, 4.69) is 9.97 Å². The van der Waals surface area contributed by atoms with Crippen LogP contribution in [0, 0.1) is 6.92 Å². The summed E-state index contributed by atoms with van der Waals surface area (Å²) in [6.07, 6.45) is -3.33. The van der Waals surface area contributed by atoms with E-state index < -0.39 is 34.0 Å². The maximum absolute atomic E-state index is 13.0. The maximum Gasteiger partial charge on any atom is 0.433 e. The Morgan fingerprint density at radius 2 is 2.00 bits per heavy atom. The lowest BCUT2D eigenvalue weighted by Gasteiger charge is -2.31. The summed E-state index contributed by atoms with van der Waals surface area (Å²) < 4.78 is 76.2. The Labute approximate surface area is 166 Å². The van der Waals surface area contributed by atoms with Crippen LogP contribution in [-0.2, 0) is 16.2 Å². The lowest BCUT2D eigenvalue weighted by molar-refractivity contribution is -0.141. The molecule has 0 N–H and O–H groups in total. The molecule has 0 aliphatic carbocycles. The van der Waals surface area contributed by atoms with E-state index in [9.17, 15) is 21.6 Å². The molecule has 1 saturated heterocycles. The first-order chi connectivity index (χ1) is 13.6. The molecule has 29 heavy (non-hydrogen) atoms. The number of aryl methyl sites for hydroxylation is 1. The van der Waals surface area contributed by atoms with Crippen LogP contribution in [0.4, 0.5) is 13.2 Å². The molecule has 158 valence electrons. The SMILES string of the molecule is COc1ccc(S(=O)(=O)N2CCCC(Oc3nccc(C(F)(F)F)n3)C2)cc1C. The monoisotopic (exact) mass is 431 g/mol. The first kappa shape index (κ1) is 21.3. The average Bonchev–Trinajstić information content (AvgIpc) is 2.67. The minimum atomic E-state index is -4.62. The predicted octanol–water partition coefficient (Wildman–Crippen LogP) is 3.04. The van der Waals surface area contributed by atoms with Gasteiger partial charge in [0.25, 0.3) is 0 Å². The van der Waals surface area contributed by atoms with Crippen LogP contribution in [0.1, 0.15) is 24.1 Å². The number of aromatic nitrogens is 2. The standard InChI is InChI=1S/C18H20F3N3O4S/c1-12-10-14(5-6-15(12)27-2)29(25,26)24-9-3-4-13(11-24)28-17-22-8-7-16(23-17)18(19,20)21/h5-8,10,13H,3-4,9,11H2,1-2H3. The molecular formula is C18H20F3N3O4S. The van der Waals surface area contributed by atoms with Gasteiger partial charge in [-0.2, -0.15) is 22.5 Å². The third kappa shape index (κ3) is 4.78. The number of hydrogen-bond donors (Lipinski definition) is 0. The first-order valence-corrected chi connectivity index (χ1v) is 10.3. The van der Waals surface area contributed by atoms with Crippen molar-refractivity contribution in [2.24, 2.45) is 0 Å². The number of nitrogens with zero attached hydrogens (tertiary/aromatic N) is 3. The summed E-state index contributed by atoms with van der Waals surface area (Å²) in [5.41, 5.74) is -0.438. The fourth-order valence-corrected chi connectivity index (χ4v) is 4.68. The smallest absolute Gasteiger partial charge is 0.433 e. The van der Waals surface area contributed by atoms with Crippen molar-refractivity contribution >= 4 is 10.0 Å². The molecule has 1 unspecified atom stereocenters. The van der Waals surface area contributed by atoms with Crippen LogP contribution >= 0.6 is 0 Å². The molecule has 0 amide bonds. The van der Waals surface area contributed by atoms with Crippen LogP contribution in [0.25, 0.3) is 0 Å². The fourth-order valence-electron chi connectivity index (χ4n) is 3.08. The molecule has 2 heterocycles. The number of benzene rings is 1. The van der Waals surface area contributed by atoms with Crippen LogP contribution in [0.3, 0.4) is 0 Å². The summed E-state index contributed by atoms with van der Waals surface area (Å²) in [7, 11) is -2.29. The molecule has 0 spiro atoms. The number of halogens is 3. The Kier molecular flexibility index (Phi) is 5.99. The molecule has 1 aliphatic rings. The van der Waals surface area contributed by atoms with Crippen molar-refractivity contribution in [3.63, 3.8) is 0 Å². The summed E-state index contributed by atoms with van der Waals surface area (Å²) in [5.74, 6) is 0.575. The summed E-state index contributed by atoms with van der Waals surface area (Å²) in [4.78, 5) is 7.20. The number of hydrogen-bond acceptors (Lipinski definition) is 6. The molecular weight excluding hydrogens is 411 g/mol. The molecule has 0 bridgehead atoms. The number of piperidine rings is 1. The molecule has 2 aromatic rings. The third-order valence-electron chi connectivity index (χ3n) is 4.54. The summed E-state index contributed by atoms with van der Waals surface area (Å²) in [6, 6.07) is 4.88. The lowest BCUT2D eigenvalue weighted by Crippen LogP contribution is -2.44. The van der Waals surface area contributed by atoms with E-state index in [-0.39, 0.29) is 18.0 Å². The van der Waals surface area contributed by atoms with Crippen LogP contribution in [0.2, 0.25) is 0 Å². The van der Waals surface area contributed by atoms with Crippen molar-refractivity contribution in [1.82, 2.24) is 14.3 Å². The van der Waals surface area contributed by atoms with Gasteiger partial charge in [-0.1, -0.05) is 0 Å². The van der Waals surface area contributed by atoms with Gasteiger partial charge in [-0.25, -0.2) is 13.4 Å². The molecule has 1 aromatic carbocycles. The fraction of sp³-hybridized carbons (Fsp3) is 0.444. The van der Waals surface area contributed by atoms with Gasteiger partial charge < -0.3 is 9.47 Å². The van der Waals surface area contributed by atoms with E-state index in [1.54, 1.807) is 13.0 Å². The lowest BCUT2D eigenvalue weighted by atomic mass is 10.1. The van der Waals surface area contributed by atoms with Gasteiger partial charge in [0, 0.05) is 12.7 Å². The van der Waals surface area contributed by atoms with E-state index >= 15 is 0 Å². The molecule has 11 heteroatoms. The zero-order chi connectivity index (χ0) is 21.2. The third-order valence-corrected chi connectivity index (χ3v) is 6.40. The molecule has 1 aromatic heterocycles. The molecule has 1 fully saturated rings. The van der Waals surface area contributed by atoms with E-state index in [0.29, 0.717) is 24.2 Å². The number of methoxy groups -OCH3 is 1. The second kappa shape index (κ2) is 8.15. The Bertz CT molecular complexity index is 983. The van der Waals surface area contributed by atoms with Gasteiger partial charge in [-0.05, 0) is 49.6 Å². The van der Waals surface area contributed by atoms with Crippen molar-refractivity contribution in [3.05, 3.63) is 41.7 Å². The van der Waals surface area contributed by atoms with Gasteiger partial charge in [-0.15, -0.1) is 0 Å². The second-order valence-corrected chi connectivity index (χ2v) is 8.54. The maximum atomic E-state index is 13.0. The molecule has 3 rings (SSSR count). The topological polar surface area (TPSA) is 81.6 Å². The van der Waals surface area contributed by atoms with Crippen LogP contribution < -0.4 is 9.47 Å². The highest BCUT2D eigenvalue weighted by Crippen LogP contribution is 2.29. The molecule has 0 radical (unpaired) electrons. The molecule has 1 atom stereocenters. The molecule has 0 saturated carbocycles. The zero-order valence-electron chi connectivity index (χ0n) is 15.8. The van der Waals surface area contributed by atoms with Crippen molar-refractivity contribution in [3.8, 4) is 11.8 Å². The predicted molar refractivity (Wildman–Crippen MR) is 97.2 cm³/mol. The van der Waals surface area contributed by atoms with Crippen LogP contribution in [-0.4, -0.2) is 49.0 Å². The highest BCUT2D eigenvalue weighted by molar-refractivity contribution is 7.89. The highest BCUT2D eigenvalue weighted by atomic mass is 32.2. The minimum absolute atomic E-state index is 0.00693. The van der Waals surface area contributed by atoms with E-state index in [4.69, 9.17) is 9.47 Å². The van der Waals surface area contributed by atoms with Gasteiger partial charge in [-0.3, -0.25) is 0 Å². The Balaban J connectivity index is 1.76. The number of alkyl halides is 3. The van der Waals surface area contributed by atoms with Crippen LogP contribution in [0.15, 0.2) is 35.4 Å². The van der Waals surface area contributed by atoms with E-state index in [1.807, 2.05) is 0 Å². The van der Waals surface area contributed by atoms with Gasteiger partial charge in [0.1, 0.15) is 11.9 Å². The Morgan fingerprint density at radius 3 is 2.66 bits per heavy atom. The number of ether oxygens (including phenoxy) is 2. The van der Waals surface area contributed by atoms with E-state index in [1.165, 1.54) is 23.5 Å². The minimum Gasteiger partial charge on any atom is -0.496 e. The quantitative estimate of drug-likeness (QED) is 0.724. The molecule has 7 nitrogen and oxygen atoms in total. The summed E-state index contributed by atoms with van der Waals surface area (Å²) in [5, 5.41) is 0. The van der Waals surface area contributed by atoms with Gasteiger partial charge >= 0.3 is 12.2 Å². The Hall–Kier alpha value is -2.40. The van der Waals surface area contributed by atoms with E-state index in [0.717, 1.165) is 12.3 Å². The summed E-state index contributed by atoms with van der Waals surface area (Å²) >= 11 is 0. The average molecular weight is 431 g/mol. The zero-order valence-corrected chi connectivity index (χ0v) is 16.6. The van der Waals surface area contributed by atoms with Crippen molar-refractivity contribution in [1.29, 1.82) is 0 Å². The van der Waals surface area contributed by atoms with Crippen LogP contribution in [0.5, 0.6) is 11.8 Å². The largest absolute Gasteiger partial charge is 0.496 e. The van der Waals surface area contributed by atoms with Gasteiger partial charge in [0.15, 0.2) is 5.69 Å². The Morgan fingerprint density at radius 1 is 1.24 bits per heavy atom.